The van der Waals surface area contributed by atoms with E-state index in [-0.39, 0.29) is 5.56 Å². The Hall–Kier alpha value is -2.16. The molecule has 0 spiro atoms. The van der Waals surface area contributed by atoms with Gasteiger partial charge in [-0.1, -0.05) is 18.2 Å². The zero-order chi connectivity index (χ0) is 10.3. The number of hydrogen-bond donors (Lipinski definition) is 0. The lowest BCUT2D eigenvalue weighted by atomic mass is 10.2. The highest BCUT2D eigenvalue weighted by Crippen LogP contribution is 2.07. The molecule has 3 heteroatoms. The third-order valence-corrected chi connectivity index (χ3v) is 2.43. The summed E-state index contributed by atoms with van der Waals surface area (Å²) < 4.78 is 1.56. The van der Waals surface area contributed by atoms with E-state index in [1.807, 2.05) is 36.4 Å². The summed E-state index contributed by atoms with van der Waals surface area (Å²) in [7, 11) is 0. The van der Waals surface area contributed by atoms with E-state index in [9.17, 15) is 4.79 Å². The van der Waals surface area contributed by atoms with E-state index in [1.54, 1.807) is 16.7 Å². The van der Waals surface area contributed by atoms with Crippen molar-refractivity contribution in [3.05, 3.63) is 59.0 Å². The summed E-state index contributed by atoms with van der Waals surface area (Å²) in [6, 6.07) is 12.9. The fourth-order valence-corrected chi connectivity index (χ4v) is 1.70. The molecular weight excluding hydrogens is 188 g/mol. The van der Waals surface area contributed by atoms with E-state index in [1.165, 1.54) is 0 Å². The first-order valence-corrected chi connectivity index (χ1v) is 4.72. The molecule has 0 amide bonds. The smallest absolute Gasteiger partial charge is 0.265 e. The first kappa shape index (κ1) is 8.17. The zero-order valence-electron chi connectivity index (χ0n) is 7.92. The monoisotopic (exact) mass is 196 g/mol. The van der Waals surface area contributed by atoms with Gasteiger partial charge >= 0.3 is 0 Å². The molecule has 0 aliphatic rings. The standard InChI is InChI=1S/C12H8N2O/c15-12-9-5-1-2-6-10(9)13-11-7-3-4-8-14(11)12/h1-8H. The van der Waals surface area contributed by atoms with Crippen LogP contribution in [0.25, 0.3) is 16.6 Å². The van der Waals surface area contributed by atoms with Crippen LogP contribution in [0, 0.1) is 0 Å². The van der Waals surface area contributed by atoms with Crippen molar-refractivity contribution in [1.29, 1.82) is 0 Å². The van der Waals surface area contributed by atoms with Crippen LogP contribution in [0.3, 0.4) is 0 Å². The van der Waals surface area contributed by atoms with Crippen molar-refractivity contribution in [3.63, 3.8) is 0 Å². The lowest BCUT2D eigenvalue weighted by Gasteiger charge is -2.01. The van der Waals surface area contributed by atoms with Gasteiger partial charge in [0.05, 0.1) is 10.9 Å². The van der Waals surface area contributed by atoms with Crippen molar-refractivity contribution in [2.45, 2.75) is 0 Å². The Morgan fingerprint density at radius 1 is 1.00 bits per heavy atom. The third kappa shape index (κ3) is 1.13. The van der Waals surface area contributed by atoms with Gasteiger partial charge in [-0.3, -0.25) is 9.20 Å². The molecular formula is C12H8N2O. The number of benzene rings is 1. The molecule has 0 bridgehead atoms. The molecule has 3 rings (SSSR count). The molecule has 3 aromatic rings. The fourth-order valence-electron chi connectivity index (χ4n) is 1.70. The minimum absolute atomic E-state index is 0.0174. The predicted molar refractivity (Wildman–Crippen MR) is 59.0 cm³/mol. The number of nitrogens with zero attached hydrogens (tertiary/aromatic N) is 2. The quantitative estimate of drug-likeness (QED) is 0.514. The molecule has 0 saturated carbocycles. The van der Waals surface area contributed by atoms with Crippen molar-refractivity contribution < 1.29 is 0 Å². The number of para-hydroxylation sites is 1. The first-order chi connectivity index (χ1) is 7.36. The highest BCUT2D eigenvalue weighted by molar-refractivity contribution is 5.79. The van der Waals surface area contributed by atoms with Crippen LogP contribution in [0.5, 0.6) is 0 Å². The molecule has 3 nitrogen and oxygen atoms in total. The molecule has 0 aliphatic carbocycles. The highest BCUT2D eigenvalue weighted by atomic mass is 16.1. The summed E-state index contributed by atoms with van der Waals surface area (Å²) >= 11 is 0. The van der Waals surface area contributed by atoms with Crippen LogP contribution in [0.15, 0.2) is 53.5 Å². The normalized spacial score (nSPS) is 10.9. The van der Waals surface area contributed by atoms with Gasteiger partial charge < -0.3 is 0 Å². The van der Waals surface area contributed by atoms with Gasteiger partial charge in [-0.2, -0.15) is 0 Å². The maximum Gasteiger partial charge on any atom is 0.265 e. The summed E-state index contributed by atoms with van der Waals surface area (Å²) in [5, 5.41) is 0.654. The van der Waals surface area contributed by atoms with Crippen molar-refractivity contribution in [2.75, 3.05) is 0 Å². The van der Waals surface area contributed by atoms with E-state index >= 15 is 0 Å². The van der Waals surface area contributed by atoms with Gasteiger partial charge in [0.2, 0.25) is 0 Å². The Labute approximate surface area is 85.6 Å². The summed E-state index contributed by atoms with van der Waals surface area (Å²) in [5.41, 5.74) is 1.41. The molecule has 15 heavy (non-hydrogen) atoms. The maximum atomic E-state index is 12.0. The summed E-state index contributed by atoms with van der Waals surface area (Å²) in [6.45, 7) is 0. The van der Waals surface area contributed by atoms with Crippen molar-refractivity contribution in [2.24, 2.45) is 0 Å². The number of fused-ring (bicyclic) bond motifs is 2. The maximum absolute atomic E-state index is 12.0. The average molecular weight is 196 g/mol. The summed E-state index contributed by atoms with van der Waals surface area (Å²) in [4.78, 5) is 16.4. The second kappa shape index (κ2) is 2.92. The molecule has 2 aromatic heterocycles. The van der Waals surface area contributed by atoms with Crippen LogP contribution in [-0.4, -0.2) is 9.38 Å². The summed E-state index contributed by atoms with van der Waals surface area (Å²) in [5.74, 6) is 0. The first-order valence-electron chi connectivity index (χ1n) is 4.72. The summed E-state index contributed by atoms with van der Waals surface area (Å²) in [6.07, 6.45) is 1.73. The molecule has 0 N–H and O–H groups in total. The Morgan fingerprint density at radius 3 is 2.73 bits per heavy atom. The van der Waals surface area contributed by atoms with Gasteiger partial charge in [-0.05, 0) is 24.3 Å². The van der Waals surface area contributed by atoms with Gasteiger partial charge in [-0.25, -0.2) is 4.98 Å². The van der Waals surface area contributed by atoms with E-state index in [0.717, 1.165) is 5.52 Å². The third-order valence-electron chi connectivity index (χ3n) is 2.43. The van der Waals surface area contributed by atoms with Gasteiger partial charge in [-0.15, -0.1) is 0 Å². The number of hydrogen-bond acceptors (Lipinski definition) is 2. The molecule has 0 aliphatic heterocycles. The van der Waals surface area contributed by atoms with E-state index < -0.39 is 0 Å². The minimum Gasteiger partial charge on any atom is -0.268 e. The Bertz CT molecular complexity index is 643. The lowest BCUT2D eigenvalue weighted by Crippen LogP contribution is -2.14. The molecule has 0 atom stereocenters. The van der Waals surface area contributed by atoms with Crippen LogP contribution < -0.4 is 5.56 Å². The molecule has 0 radical (unpaired) electrons. The van der Waals surface area contributed by atoms with Crippen LogP contribution in [0.4, 0.5) is 0 Å². The minimum atomic E-state index is -0.0174. The Kier molecular flexibility index (Phi) is 1.59. The molecule has 2 heterocycles. The van der Waals surface area contributed by atoms with Crippen LogP contribution >= 0.6 is 0 Å². The Balaban J connectivity index is 2.66. The second-order valence-corrected chi connectivity index (χ2v) is 3.36. The number of aromatic nitrogens is 2. The number of pyridine rings is 1. The van der Waals surface area contributed by atoms with E-state index in [0.29, 0.717) is 11.0 Å². The molecule has 0 saturated heterocycles. The molecule has 0 unspecified atom stereocenters. The van der Waals surface area contributed by atoms with Crippen molar-refractivity contribution >= 4 is 16.6 Å². The predicted octanol–water partition coefficient (Wildman–Crippen LogP) is 1.85. The molecule has 1 aromatic carbocycles. The van der Waals surface area contributed by atoms with Gasteiger partial charge in [0.1, 0.15) is 5.65 Å². The number of rotatable bonds is 0. The topological polar surface area (TPSA) is 34.4 Å². The van der Waals surface area contributed by atoms with E-state index in [4.69, 9.17) is 0 Å². The largest absolute Gasteiger partial charge is 0.268 e. The lowest BCUT2D eigenvalue weighted by molar-refractivity contribution is 1.08. The van der Waals surface area contributed by atoms with Gasteiger partial charge in [0, 0.05) is 6.20 Å². The van der Waals surface area contributed by atoms with Crippen LogP contribution in [-0.2, 0) is 0 Å². The second-order valence-electron chi connectivity index (χ2n) is 3.36. The fraction of sp³-hybridized carbons (Fsp3) is 0. The van der Waals surface area contributed by atoms with Crippen LogP contribution in [0.2, 0.25) is 0 Å². The van der Waals surface area contributed by atoms with Crippen LogP contribution in [0.1, 0.15) is 0 Å². The molecule has 72 valence electrons. The SMILES string of the molecule is O=c1c2ccccc2nc2ccccn12. The Morgan fingerprint density at radius 2 is 1.80 bits per heavy atom. The van der Waals surface area contributed by atoms with Crippen molar-refractivity contribution in [1.82, 2.24) is 9.38 Å². The molecule has 0 fully saturated rings. The zero-order valence-corrected chi connectivity index (χ0v) is 7.92. The van der Waals surface area contributed by atoms with Crippen molar-refractivity contribution in [3.8, 4) is 0 Å². The van der Waals surface area contributed by atoms with E-state index in [2.05, 4.69) is 4.98 Å². The average Bonchev–Trinajstić information content (AvgIpc) is 2.30. The van der Waals surface area contributed by atoms with Gasteiger partial charge in [0.15, 0.2) is 0 Å². The van der Waals surface area contributed by atoms with Gasteiger partial charge in [0.25, 0.3) is 5.56 Å². The highest BCUT2D eigenvalue weighted by Gasteiger charge is 2.02.